The number of aromatic nitrogens is 5. The summed E-state index contributed by atoms with van der Waals surface area (Å²) in [6.07, 6.45) is -0.130. The van der Waals surface area contributed by atoms with E-state index >= 15 is 0 Å². The number of nitrogens with zero attached hydrogens (tertiary/aromatic N) is 4. The van der Waals surface area contributed by atoms with E-state index in [2.05, 4.69) is 25.9 Å². The topological polar surface area (TPSA) is 107 Å². The molecule has 0 spiro atoms. The number of halogens is 1. The summed E-state index contributed by atoms with van der Waals surface area (Å²) >= 11 is 6.12. The van der Waals surface area contributed by atoms with Crippen LogP contribution in [0, 0.1) is 0 Å². The van der Waals surface area contributed by atoms with Gasteiger partial charge in [0.15, 0.2) is 0 Å². The van der Waals surface area contributed by atoms with E-state index < -0.39 is 0 Å². The highest BCUT2D eigenvalue weighted by atomic mass is 35.5. The monoisotopic (exact) mass is 440 g/mol. The number of aryl methyl sites for hydroxylation is 1. The SMILES string of the molecule is COCC(C)Oc1cccc2cc(C(=O)Nc3ccc(Cl)cc3-c3nn[nH]n3)n(C)c12. The van der Waals surface area contributed by atoms with Gasteiger partial charge in [-0.3, -0.25) is 4.79 Å². The van der Waals surface area contributed by atoms with Crippen molar-refractivity contribution >= 4 is 34.1 Å². The fourth-order valence-corrected chi connectivity index (χ4v) is 3.62. The number of H-pyrrole nitrogens is 1. The lowest BCUT2D eigenvalue weighted by Crippen LogP contribution is -2.19. The third-order valence-corrected chi connectivity index (χ3v) is 5.03. The molecule has 4 aromatic rings. The molecule has 0 saturated carbocycles. The minimum absolute atomic E-state index is 0.130. The molecule has 4 rings (SSSR count). The first-order valence-corrected chi connectivity index (χ1v) is 9.94. The second kappa shape index (κ2) is 8.75. The zero-order chi connectivity index (χ0) is 22.0. The maximum absolute atomic E-state index is 13.2. The van der Waals surface area contributed by atoms with E-state index in [-0.39, 0.29) is 12.0 Å². The molecule has 1 unspecified atom stereocenters. The number of methoxy groups -OCH3 is 1. The van der Waals surface area contributed by atoms with Gasteiger partial charge in [-0.15, -0.1) is 10.2 Å². The first-order chi connectivity index (χ1) is 15.0. The van der Waals surface area contributed by atoms with Crippen LogP contribution in [0.5, 0.6) is 5.75 Å². The first-order valence-electron chi connectivity index (χ1n) is 9.56. The number of carbonyl (C=O) groups excluding carboxylic acids is 1. The van der Waals surface area contributed by atoms with Gasteiger partial charge in [0.25, 0.3) is 5.91 Å². The zero-order valence-corrected chi connectivity index (χ0v) is 18.0. The Hall–Kier alpha value is -3.43. The van der Waals surface area contributed by atoms with Crippen molar-refractivity contribution in [1.29, 1.82) is 0 Å². The Labute approximate surface area is 183 Å². The maximum atomic E-state index is 13.2. The minimum atomic E-state index is -0.290. The average molecular weight is 441 g/mol. The largest absolute Gasteiger partial charge is 0.486 e. The molecular formula is C21H21ClN6O3. The van der Waals surface area contributed by atoms with Crippen LogP contribution in [0.25, 0.3) is 22.3 Å². The van der Waals surface area contributed by atoms with Crippen molar-refractivity contribution < 1.29 is 14.3 Å². The molecule has 0 saturated heterocycles. The standard InChI is InChI=1S/C21H21ClN6O3/c1-12(11-30-3)31-18-6-4-5-13-9-17(28(2)19(13)18)21(29)23-16-8-7-14(22)10-15(16)20-24-26-27-25-20/h4-10,12H,11H2,1-3H3,(H,23,29)(H,24,25,26,27). The summed E-state index contributed by atoms with van der Waals surface area (Å²) in [5.41, 5.74) is 2.38. The van der Waals surface area contributed by atoms with Gasteiger partial charge in [-0.1, -0.05) is 23.7 Å². The average Bonchev–Trinajstić information content (AvgIpc) is 3.38. The molecule has 10 heteroatoms. The Morgan fingerprint density at radius 3 is 2.87 bits per heavy atom. The Morgan fingerprint density at radius 1 is 1.29 bits per heavy atom. The van der Waals surface area contributed by atoms with E-state index in [0.29, 0.717) is 40.1 Å². The highest BCUT2D eigenvalue weighted by molar-refractivity contribution is 6.31. The summed E-state index contributed by atoms with van der Waals surface area (Å²) in [5.74, 6) is 0.724. The zero-order valence-electron chi connectivity index (χ0n) is 17.2. The fourth-order valence-electron chi connectivity index (χ4n) is 3.45. The predicted molar refractivity (Wildman–Crippen MR) is 117 cm³/mol. The summed E-state index contributed by atoms with van der Waals surface area (Å²) in [4.78, 5) is 13.2. The van der Waals surface area contributed by atoms with Crippen LogP contribution in [0.3, 0.4) is 0 Å². The number of tetrazole rings is 1. The van der Waals surface area contributed by atoms with E-state index in [1.54, 1.807) is 25.3 Å². The Kier molecular flexibility index (Phi) is 5.88. The summed E-state index contributed by atoms with van der Waals surface area (Å²) in [6.45, 7) is 2.39. The van der Waals surface area contributed by atoms with Crippen molar-refractivity contribution in [1.82, 2.24) is 25.2 Å². The number of para-hydroxylation sites is 1. The lowest BCUT2D eigenvalue weighted by atomic mass is 10.1. The Bertz CT molecular complexity index is 1220. The molecule has 2 aromatic carbocycles. The van der Waals surface area contributed by atoms with E-state index in [9.17, 15) is 4.79 Å². The van der Waals surface area contributed by atoms with E-state index in [4.69, 9.17) is 21.1 Å². The third kappa shape index (κ3) is 4.23. The number of anilines is 1. The van der Waals surface area contributed by atoms with Crippen LogP contribution in [0.4, 0.5) is 5.69 Å². The lowest BCUT2D eigenvalue weighted by molar-refractivity contribution is 0.0928. The van der Waals surface area contributed by atoms with Crippen LogP contribution in [0.1, 0.15) is 17.4 Å². The quantitative estimate of drug-likeness (QED) is 0.454. The number of hydrogen-bond acceptors (Lipinski definition) is 6. The number of carbonyl (C=O) groups is 1. The lowest BCUT2D eigenvalue weighted by Gasteiger charge is -2.15. The molecule has 0 aliphatic carbocycles. The van der Waals surface area contributed by atoms with Gasteiger partial charge in [-0.25, -0.2) is 0 Å². The van der Waals surface area contributed by atoms with Gasteiger partial charge in [-0.2, -0.15) is 5.21 Å². The number of fused-ring (bicyclic) bond motifs is 1. The van der Waals surface area contributed by atoms with E-state index in [1.807, 2.05) is 42.8 Å². The highest BCUT2D eigenvalue weighted by Gasteiger charge is 2.19. The smallest absolute Gasteiger partial charge is 0.272 e. The first kappa shape index (κ1) is 20.8. The van der Waals surface area contributed by atoms with Crippen molar-refractivity contribution in [3.8, 4) is 17.1 Å². The summed E-state index contributed by atoms with van der Waals surface area (Å²) in [5, 5.41) is 18.3. The predicted octanol–water partition coefficient (Wildman–Crippen LogP) is 3.68. The molecule has 1 amide bonds. The number of ether oxygens (including phenoxy) is 2. The van der Waals surface area contributed by atoms with Crippen LogP contribution in [0.2, 0.25) is 5.02 Å². The molecule has 160 valence electrons. The van der Waals surface area contributed by atoms with Crippen molar-refractivity contribution in [2.24, 2.45) is 7.05 Å². The summed E-state index contributed by atoms with van der Waals surface area (Å²) in [7, 11) is 3.46. The van der Waals surface area contributed by atoms with Gasteiger partial charge >= 0.3 is 0 Å². The van der Waals surface area contributed by atoms with Crippen LogP contribution in [0.15, 0.2) is 42.5 Å². The van der Waals surface area contributed by atoms with Gasteiger partial charge in [-0.05, 0) is 42.5 Å². The second-order valence-corrected chi connectivity index (χ2v) is 7.48. The van der Waals surface area contributed by atoms with E-state index in [1.165, 1.54) is 0 Å². The Morgan fingerprint density at radius 2 is 2.13 bits per heavy atom. The molecule has 2 aromatic heterocycles. The van der Waals surface area contributed by atoms with Crippen molar-refractivity contribution in [2.45, 2.75) is 13.0 Å². The molecule has 2 N–H and O–H groups in total. The normalized spacial score (nSPS) is 12.1. The molecule has 1 atom stereocenters. The van der Waals surface area contributed by atoms with Crippen LogP contribution >= 0.6 is 11.6 Å². The molecule has 0 aliphatic heterocycles. The molecule has 0 radical (unpaired) electrons. The molecule has 0 aliphatic rings. The van der Waals surface area contributed by atoms with Gasteiger partial charge in [0.1, 0.15) is 17.5 Å². The van der Waals surface area contributed by atoms with Crippen molar-refractivity contribution in [2.75, 3.05) is 19.0 Å². The number of rotatable bonds is 7. The van der Waals surface area contributed by atoms with Gasteiger partial charge in [0.05, 0.1) is 17.8 Å². The van der Waals surface area contributed by atoms with Gasteiger partial charge in [0.2, 0.25) is 5.82 Å². The fraction of sp³-hybridized carbons (Fsp3) is 0.238. The number of aromatic amines is 1. The van der Waals surface area contributed by atoms with Gasteiger partial charge in [0, 0.05) is 30.1 Å². The number of benzene rings is 2. The Balaban J connectivity index is 1.68. The van der Waals surface area contributed by atoms with Crippen LogP contribution < -0.4 is 10.1 Å². The number of hydrogen-bond donors (Lipinski definition) is 2. The van der Waals surface area contributed by atoms with Crippen molar-refractivity contribution in [3.05, 3.63) is 53.2 Å². The summed E-state index contributed by atoms with van der Waals surface area (Å²) in [6, 6.07) is 12.6. The summed E-state index contributed by atoms with van der Waals surface area (Å²) < 4.78 is 13.0. The van der Waals surface area contributed by atoms with Crippen molar-refractivity contribution in [3.63, 3.8) is 0 Å². The second-order valence-electron chi connectivity index (χ2n) is 7.05. The number of nitrogens with one attached hydrogen (secondary N) is 2. The number of amides is 1. The third-order valence-electron chi connectivity index (χ3n) is 4.80. The molecule has 2 heterocycles. The molecule has 0 bridgehead atoms. The minimum Gasteiger partial charge on any atom is -0.486 e. The van der Waals surface area contributed by atoms with Crippen LogP contribution in [-0.4, -0.2) is 50.9 Å². The highest BCUT2D eigenvalue weighted by Crippen LogP contribution is 2.31. The van der Waals surface area contributed by atoms with Gasteiger partial charge < -0.3 is 19.4 Å². The van der Waals surface area contributed by atoms with Crippen LogP contribution in [-0.2, 0) is 11.8 Å². The molecule has 0 fully saturated rings. The molecule has 31 heavy (non-hydrogen) atoms. The molecule has 9 nitrogen and oxygen atoms in total. The molecular weight excluding hydrogens is 420 g/mol. The maximum Gasteiger partial charge on any atom is 0.272 e. The van der Waals surface area contributed by atoms with E-state index in [0.717, 1.165) is 10.9 Å².